The second-order valence-corrected chi connectivity index (χ2v) is 4.83. The van der Waals surface area contributed by atoms with Crippen molar-refractivity contribution in [3.63, 3.8) is 0 Å². The van der Waals surface area contributed by atoms with Crippen molar-refractivity contribution in [2.24, 2.45) is 0 Å². The van der Waals surface area contributed by atoms with E-state index in [0.717, 1.165) is 6.08 Å². The second-order valence-electron chi connectivity index (χ2n) is 3.97. The molecule has 0 fully saturated rings. The molecule has 0 aliphatic heterocycles. The van der Waals surface area contributed by atoms with E-state index in [4.69, 9.17) is 4.74 Å². The van der Waals surface area contributed by atoms with Crippen molar-refractivity contribution in [1.82, 2.24) is 4.90 Å². The first kappa shape index (κ1) is 16.6. The Morgan fingerprint density at radius 1 is 1.50 bits per heavy atom. The highest BCUT2D eigenvalue weighted by Crippen LogP contribution is 2.25. The number of alkyl halides is 3. The number of ether oxygens (including phenoxy) is 1. The molecule has 0 saturated carbocycles. The van der Waals surface area contributed by atoms with Gasteiger partial charge in [-0.2, -0.15) is 13.2 Å². The molecular formula is C13H13BrF3NO2. The van der Waals surface area contributed by atoms with E-state index in [1.807, 2.05) is 0 Å². The van der Waals surface area contributed by atoms with Crippen LogP contribution in [0.4, 0.5) is 13.2 Å². The molecule has 0 N–H and O–H groups in total. The topological polar surface area (TPSA) is 29.5 Å². The minimum absolute atomic E-state index is 0.192. The van der Waals surface area contributed by atoms with Crippen LogP contribution in [-0.4, -0.2) is 30.6 Å². The number of amides is 1. The molecule has 7 heteroatoms. The summed E-state index contributed by atoms with van der Waals surface area (Å²) in [5.41, 5.74) is 0.517. The van der Waals surface area contributed by atoms with Gasteiger partial charge in [-0.1, -0.05) is 22.5 Å². The Morgan fingerprint density at radius 3 is 2.65 bits per heavy atom. The van der Waals surface area contributed by atoms with Crippen LogP contribution in [0.5, 0.6) is 5.75 Å². The van der Waals surface area contributed by atoms with Gasteiger partial charge in [-0.3, -0.25) is 4.79 Å². The molecule has 0 aliphatic carbocycles. The van der Waals surface area contributed by atoms with Gasteiger partial charge in [0.2, 0.25) is 5.91 Å². The molecule has 1 aromatic carbocycles. The van der Waals surface area contributed by atoms with Crippen molar-refractivity contribution < 1.29 is 22.7 Å². The van der Waals surface area contributed by atoms with Gasteiger partial charge in [0.1, 0.15) is 12.3 Å². The number of rotatable bonds is 5. The van der Waals surface area contributed by atoms with Gasteiger partial charge in [0, 0.05) is 11.0 Å². The maximum absolute atomic E-state index is 12.5. The Bertz CT molecular complexity index is 503. The van der Waals surface area contributed by atoms with Gasteiger partial charge in [-0.25, -0.2) is 0 Å². The van der Waals surface area contributed by atoms with E-state index in [-0.39, 0.29) is 6.54 Å². The van der Waals surface area contributed by atoms with E-state index in [2.05, 4.69) is 22.5 Å². The van der Waals surface area contributed by atoms with Crippen LogP contribution in [0.2, 0.25) is 0 Å². The molecule has 0 spiro atoms. The number of halogens is 4. The van der Waals surface area contributed by atoms with E-state index in [0.29, 0.717) is 20.7 Å². The highest BCUT2D eigenvalue weighted by molar-refractivity contribution is 9.10. The van der Waals surface area contributed by atoms with Gasteiger partial charge in [0.05, 0.1) is 7.11 Å². The van der Waals surface area contributed by atoms with E-state index < -0.39 is 18.6 Å². The fourth-order valence-corrected chi connectivity index (χ4v) is 1.93. The zero-order valence-electron chi connectivity index (χ0n) is 10.7. The van der Waals surface area contributed by atoms with Gasteiger partial charge in [0.15, 0.2) is 0 Å². The lowest BCUT2D eigenvalue weighted by atomic mass is 10.2. The average molecular weight is 352 g/mol. The maximum Gasteiger partial charge on any atom is 0.406 e. The zero-order valence-corrected chi connectivity index (χ0v) is 12.3. The quantitative estimate of drug-likeness (QED) is 0.759. The normalized spacial score (nSPS) is 11.1. The molecule has 0 unspecified atom stereocenters. The van der Waals surface area contributed by atoms with Crippen LogP contribution in [0, 0.1) is 0 Å². The van der Waals surface area contributed by atoms with E-state index >= 15 is 0 Å². The van der Waals surface area contributed by atoms with Crippen molar-refractivity contribution >= 4 is 21.8 Å². The predicted octanol–water partition coefficient (Wildman–Crippen LogP) is 3.53. The molecule has 0 atom stereocenters. The molecular weight excluding hydrogens is 339 g/mol. The Morgan fingerprint density at radius 2 is 2.15 bits per heavy atom. The Labute approximate surface area is 123 Å². The molecule has 0 aliphatic rings. The van der Waals surface area contributed by atoms with Crippen molar-refractivity contribution in [3.05, 3.63) is 40.9 Å². The van der Waals surface area contributed by atoms with Crippen LogP contribution in [0.3, 0.4) is 0 Å². The molecule has 1 amide bonds. The summed E-state index contributed by atoms with van der Waals surface area (Å²) in [4.78, 5) is 12.2. The molecule has 1 rings (SSSR count). The highest BCUT2D eigenvalue weighted by atomic mass is 79.9. The van der Waals surface area contributed by atoms with Crippen LogP contribution in [0.25, 0.3) is 0 Å². The summed E-state index contributed by atoms with van der Waals surface area (Å²) in [5.74, 6) is -0.279. The van der Waals surface area contributed by atoms with Crippen molar-refractivity contribution in [2.75, 3.05) is 13.7 Å². The van der Waals surface area contributed by atoms with E-state index in [1.165, 1.54) is 7.11 Å². The lowest BCUT2D eigenvalue weighted by Gasteiger charge is -2.23. The van der Waals surface area contributed by atoms with Crippen LogP contribution < -0.4 is 4.74 Å². The number of carbonyl (C=O) groups excluding carboxylic acids is 1. The van der Waals surface area contributed by atoms with Crippen molar-refractivity contribution in [3.8, 4) is 5.75 Å². The zero-order chi connectivity index (χ0) is 15.3. The first-order valence-electron chi connectivity index (χ1n) is 5.57. The third-order valence-corrected chi connectivity index (χ3v) is 3.24. The smallest absolute Gasteiger partial charge is 0.406 e. The largest absolute Gasteiger partial charge is 0.497 e. The second kappa shape index (κ2) is 6.78. The summed E-state index contributed by atoms with van der Waals surface area (Å²) in [7, 11) is 1.45. The van der Waals surface area contributed by atoms with Crippen LogP contribution in [-0.2, 0) is 11.3 Å². The summed E-state index contributed by atoms with van der Waals surface area (Å²) in [6, 6.07) is 4.89. The molecule has 0 heterocycles. The molecule has 3 nitrogen and oxygen atoms in total. The van der Waals surface area contributed by atoms with Crippen molar-refractivity contribution in [1.29, 1.82) is 0 Å². The Kier molecular flexibility index (Phi) is 5.62. The number of hydrogen-bond donors (Lipinski definition) is 0. The standard InChI is InChI=1S/C13H13BrF3NO2/c1-3-12(19)18(8-13(15,16)17)7-9-6-10(20-2)4-5-11(9)14/h3-6H,1,7-8H2,2H3. The fraction of sp³-hybridized carbons (Fsp3) is 0.308. The third-order valence-electron chi connectivity index (χ3n) is 2.47. The molecule has 20 heavy (non-hydrogen) atoms. The van der Waals surface area contributed by atoms with Gasteiger partial charge in [0.25, 0.3) is 0 Å². The summed E-state index contributed by atoms with van der Waals surface area (Å²) < 4.78 is 43.1. The monoisotopic (exact) mass is 351 g/mol. The number of nitrogens with zero attached hydrogens (tertiary/aromatic N) is 1. The van der Waals surface area contributed by atoms with Crippen molar-refractivity contribution in [2.45, 2.75) is 12.7 Å². The van der Waals surface area contributed by atoms with E-state index in [9.17, 15) is 18.0 Å². The van der Waals surface area contributed by atoms with Crippen LogP contribution in [0.1, 0.15) is 5.56 Å². The molecule has 110 valence electrons. The summed E-state index contributed by atoms with van der Waals surface area (Å²) in [5, 5.41) is 0. The first-order chi connectivity index (χ1) is 9.26. The van der Waals surface area contributed by atoms with Crippen LogP contribution in [0.15, 0.2) is 35.3 Å². The SMILES string of the molecule is C=CC(=O)N(Cc1cc(OC)ccc1Br)CC(F)(F)F. The Hall–Kier alpha value is -1.50. The number of methoxy groups -OCH3 is 1. The lowest BCUT2D eigenvalue weighted by molar-refractivity contribution is -0.159. The third kappa shape index (κ3) is 4.88. The molecule has 0 bridgehead atoms. The van der Waals surface area contributed by atoms with Gasteiger partial charge >= 0.3 is 6.18 Å². The molecule has 1 aromatic rings. The lowest BCUT2D eigenvalue weighted by Crippen LogP contribution is -2.37. The van der Waals surface area contributed by atoms with Crippen LogP contribution >= 0.6 is 15.9 Å². The highest BCUT2D eigenvalue weighted by Gasteiger charge is 2.32. The minimum Gasteiger partial charge on any atom is -0.497 e. The first-order valence-corrected chi connectivity index (χ1v) is 6.36. The Balaban J connectivity index is 3.00. The number of benzene rings is 1. The van der Waals surface area contributed by atoms with E-state index in [1.54, 1.807) is 18.2 Å². The maximum atomic E-state index is 12.5. The van der Waals surface area contributed by atoms with Gasteiger partial charge in [-0.15, -0.1) is 0 Å². The summed E-state index contributed by atoms with van der Waals surface area (Å²) in [6.07, 6.45) is -3.61. The molecule has 0 radical (unpaired) electrons. The minimum atomic E-state index is -4.47. The number of hydrogen-bond acceptors (Lipinski definition) is 2. The fourth-order valence-electron chi connectivity index (χ4n) is 1.56. The molecule has 0 aromatic heterocycles. The average Bonchev–Trinajstić information content (AvgIpc) is 2.38. The summed E-state index contributed by atoms with van der Waals surface area (Å²) in [6.45, 7) is 1.69. The summed E-state index contributed by atoms with van der Waals surface area (Å²) >= 11 is 3.24. The predicted molar refractivity (Wildman–Crippen MR) is 72.4 cm³/mol. The van der Waals surface area contributed by atoms with Gasteiger partial charge in [-0.05, 0) is 29.8 Å². The number of carbonyl (C=O) groups is 1. The van der Waals surface area contributed by atoms with Gasteiger partial charge < -0.3 is 9.64 Å². The molecule has 0 saturated heterocycles.